The van der Waals surface area contributed by atoms with Crippen LogP contribution in [-0.2, 0) is 41.2 Å². The Morgan fingerprint density at radius 3 is 2.50 bits per heavy atom. The summed E-state index contributed by atoms with van der Waals surface area (Å²) in [7, 11) is -2.24. The summed E-state index contributed by atoms with van der Waals surface area (Å²) in [5.41, 5.74) is 1.53. The molecule has 3 aromatic rings. The van der Waals surface area contributed by atoms with Crippen LogP contribution < -0.4 is 4.80 Å². The number of thiazole rings is 1. The number of amides is 1. The lowest BCUT2D eigenvalue weighted by Gasteiger charge is -2.06. The third-order valence-corrected chi connectivity index (χ3v) is 7.41. The number of hydrogen-bond donors (Lipinski definition) is 0. The topological polar surface area (TPSA) is 121 Å². The van der Waals surface area contributed by atoms with Gasteiger partial charge in [-0.1, -0.05) is 41.7 Å². The molecule has 0 saturated heterocycles. The number of carbonyl (C=O) groups is 3. The van der Waals surface area contributed by atoms with Crippen LogP contribution in [0.2, 0.25) is 0 Å². The van der Waals surface area contributed by atoms with Crippen LogP contribution in [-0.4, -0.2) is 50.3 Å². The first-order chi connectivity index (χ1) is 16.2. The number of ether oxygens (including phenoxy) is 2. The summed E-state index contributed by atoms with van der Waals surface area (Å²) in [6.07, 6.45) is -0.295. The Hall–Kier alpha value is -3.31. The molecule has 2 aromatic carbocycles. The minimum absolute atomic E-state index is 0.164. The second-order valence-electron chi connectivity index (χ2n) is 7.28. The lowest BCUT2D eigenvalue weighted by molar-refractivity contribution is -0.143. The van der Waals surface area contributed by atoms with Crippen molar-refractivity contribution in [3.63, 3.8) is 0 Å². The monoisotopic (exact) mass is 504 g/mol. The number of methoxy groups -OCH3 is 1. The van der Waals surface area contributed by atoms with E-state index in [4.69, 9.17) is 9.47 Å². The van der Waals surface area contributed by atoms with Gasteiger partial charge in [0.05, 0.1) is 41.0 Å². The highest BCUT2D eigenvalue weighted by molar-refractivity contribution is 7.90. The lowest BCUT2D eigenvalue weighted by Crippen LogP contribution is -2.23. The van der Waals surface area contributed by atoms with Crippen LogP contribution >= 0.6 is 11.3 Å². The first-order valence-electron chi connectivity index (χ1n) is 10.4. The van der Waals surface area contributed by atoms with Crippen molar-refractivity contribution in [1.29, 1.82) is 0 Å². The Bertz CT molecular complexity index is 1370. The number of esters is 2. The van der Waals surface area contributed by atoms with Crippen molar-refractivity contribution in [2.45, 2.75) is 25.6 Å². The van der Waals surface area contributed by atoms with Crippen LogP contribution in [0, 0.1) is 0 Å². The van der Waals surface area contributed by atoms with Crippen LogP contribution in [0.25, 0.3) is 10.2 Å². The number of benzene rings is 2. The van der Waals surface area contributed by atoms with Crippen molar-refractivity contribution >= 4 is 49.2 Å². The van der Waals surface area contributed by atoms with Gasteiger partial charge >= 0.3 is 11.9 Å². The van der Waals surface area contributed by atoms with E-state index >= 15 is 0 Å². The maximum atomic E-state index is 12.5. The zero-order valence-corrected chi connectivity index (χ0v) is 20.4. The van der Waals surface area contributed by atoms with E-state index in [1.807, 2.05) is 0 Å². The molecule has 0 saturated carbocycles. The van der Waals surface area contributed by atoms with Gasteiger partial charge in [0.1, 0.15) is 6.54 Å². The molecule has 1 heterocycles. The predicted octanol–water partition coefficient (Wildman–Crippen LogP) is 2.48. The molecular formula is C23H24N2O7S2. The SMILES string of the molecule is CCOC(=O)Cn1c(=NC(=O)CCS(=O)(=O)Cc2ccccc2)sc2cc(C(=O)OC)ccc21. The smallest absolute Gasteiger partial charge is 0.337 e. The van der Waals surface area contributed by atoms with Gasteiger partial charge < -0.3 is 14.0 Å². The largest absolute Gasteiger partial charge is 0.465 e. The number of carbonyl (C=O) groups excluding carboxylic acids is 3. The molecule has 0 aliphatic carbocycles. The maximum absolute atomic E-state index is 12.5. The molecule has 9 nitrogen and oxygen atoms in total. The average molecular weight is 505 g/mol. The van der Waals surface area contributed by atoms with Crippen molar-refractivity contribution in [3.05, 3.63) is 64.5 Å². The first-order valence-corrected chi connectivity index (χ1v) is 13.1. The van der Waals surface area contributed by atoms with E-state index in [9.17, 15) is 22.8 Å². The quantitative estimate of drug-likeness (QED) is 0.411. The third-order valence-electron chi connectivity index (χ3n) is 4.77. The molecule has 0 fully saturated rings. The minimum Gasteiger partial charge on any atom is -0.465 e. The van der Waals surface area contributed by atoms with Crippen molar-refractivity contribution in [3.8, 4) is 0 Å². The Balaban J connectivity index is 1.87. The summed E-state index contributed by atoms with van der Waals surface area (Å²) in [6.45, 7) is 1.68. The lowest BCUT2D eigenvalue weighted by atomic mass is 10.2. The second kappa shape index (κ2) is 11.2. The van der Waals surface area contributed by atoms with Crippen molar-refractivity contribution in [2.24, 2.45) is 4.99 Å². The normalized spacial score (nSPS) is 12.0. The van der Waals surface area contributed by atoms with Crippen LogP contribution in [0.15, 0.2) is 53.5 Å². The Labute approximate surface area is 200 Å². The van der Waals surface area contributed by atoms with Gasteiger partial charge in [0.2, 0.25) is 5.91 Å². The van der Waals surface area contributed by atoms with E-state index in [0.29, 0.717) is 21.3 Å². The number of hydrogen-bond acceptors (Lipinski definition) is 8. The van der Waals surface area contributed by atoms with Crippen LogP contribution in [0.4, 0.5) is 0 Å². The van der Waals surface area contributed by atoms with E-state index in [1.165, 1.54) is 11.7 Å². The Morgan fingerprint density at radius 1 is 1.09 bits per heavy atom. The van der Waals surface area contributed by atoms with E-state index in [-0.39, 0.29) is 35.9 Å². The summed E-state index contributed by atoms with van der Waals surface area (Å²) >= 11 is 1.10. The number of rotatable bonds is 9. The molecule has 0 spiro atoms. The fourth-order valence-electron chi connectivity index (χ4n) is 3.20. The van der Waals surface area contributed by atoms with Crippen molar-refractivity contribution < 1.29 is 32.3 Å². The third kappa shape index (κ3) is 6.61. The molecule has 1 amide bonds. The average Bonchev–Trinajstić information content (AvgIpc) is 3.13. The second-order valence-corrected chi connectivity index (χ2v) is 10.5. The van der Waals surface area contributed by atoms with Crippen molar-refractivity contribution in [1.82, 2.24) is 4.57 Å². The van der Waals surface area contributed by atoms with Gasteiger partial charge in [-0.3, -0.25) is 9.59 Å². The highest BCUT2D eigenvalue weighted by atomic mass is 32.2. The zero-order valence-electron chi connectivity index (χ0n) is 18.7. The molecule has 180 valence electrons. The fraction of sp³-hybridized carbons (Fsp3) is 0.304. The number of sulfone groups is 1. The summed E-state index contributed by atoms with van der Waals surface area (Å²) in [4.78, 5) is 40.8. The van der Waals surface area contributed by atoms with Gasteiger partial charge in [-0.2, -0.15) is 4.99 Å². The van der Waals surface area contributed by atoms with E-state index in [1.54, 1.807) is 55.5 Å². The Morgan fingerprint density at radius 2 is 1.82 bits per heavy atom. The summed E-state index contributed by atoms with van der Waals surface area (Å²) in [5.74, 6) is -2.18. The number of aromatic nitrogens is 1. The molecular weight excluding hydrogens is 480 g/mol. The van der Waals surface area contributed by atoms with Crippen LogP contribution in [0.1, 0.15) is 29.3 Å². The van der Waals surface area contributed by atoms with Gasteiger partial charge in [-0.25, -0.2) is 13.2 Å². The highest BCUT2D eigenvalue weighted by Gasteiger charge is 2.17. The van der Waals surface area contributed by atoms with E-state index < -0.39 is 27.7 Å². The van der Waals surface area contributed by atoms with Gasteiger partial charge in [0.15, 0.2) is 14.6 Å². The van der Waals surface area contributed by atoms with Gasteiger partial charge in [0, 0.05) is 6.42 Å². The summed E-state index contributed by atoms with van der Waals surface area (Å²) < 4.78 is 36.7. The molecule has 3 rings (SSSR count). The van der Waals surface area contributed by atoms with Crippen LogP contribution in [0.5, 0.6) is 0 Å². The molecule has 0 aliphatic rings. The number of nitrogens with zero attached hydrogens (tertiary/aromatic N) is 2. The number of fused-ring (bicyclic) bond motifs is 1. The maximum Gasteiger partial charge on any atom is 0.337 e. The minimum atomic E-state index is -3.51. The molecule has 1 aromatic heterocycles. The molecule has 34 heavy (non-hydrogen) atoms. The molecule has 0 radical (unpaired) electrons. The Kier molecular flexibility index (Phi) is 8.35. The van der Waals surface area contributed by atoms with E-state index in [0.717, 1.165) is 11.3 Å². The van der Waals surface area contributed by atoms with Gasteiger partial charge in [-0.05, 0) is 30.7 Å². The van der Waals surface area contributed by atoms with E-state index in [2.05, 4.69) is 4.99 Å². The first kappa shape index (κ1) is 25.3. The predicted molar refractivity (Wildman–Crippen MR) is 127 cm³/mol. The molecule has 0 atom stereocenters. The molecule has 0 N–H and O–H groups in total. The molecule has 0 bridgehead atoms. The fourth-order valence-corrected chi connectivity index (χ4v) is 5.61. The molecule has 0 unspecified atom stereocenters. The molecule has 0 aliphatic heterocycles. The summed E-state index contributed by atoms with van der Waals surface area (Å²) in [5, 5.41) is 0. The van der Waals surface area contributed by atoms with Gasteiger partial charge in [0.25, 0.3) is 0 Å². The standard InChI is InChI=1S/C23H24N2O7S2/c1-3-32-21(27)14-25-18-10-9-17(22(28)31-2)13-19(18)33-23(25)24-20(26)11-12-34(29,30)15-16-7-5-4-6-8-16/h4-10,13H,3,11-12,14-15H2,1-2H3. The summed E-state index contributed by atoms with van der Waals surface area (Å²) in [6, 6.07) is 13.5. The van der Waals surface area contributed by atoms with Crippen molar-refractivity contribution in [2.75, 3.05) is 19.5 Å². The highest BCUT2D eigenvalue weighted by Crippen LogP contribution is 2.20. The zero-order chi connectivity index (χ0) is 24.7. The van der Waals surface area contributed by atoms with Gasteiger partial charge in [-0.15, -0.1) is 0 Å². The molecule has 11 heteroatoms. The van der Waals surface area contributed by atoms with Crippen LogP contribution in [0.3, 0.4) is 0 Å².